The molecule has 1 fully saturated rings. The number of rotatable bonds is 2. The third kappa shape index (κ3) is 1.03. The molecule has 1 aliphatic carbocycles. The van der Waals surface area contributed by atoms with Crippen LogP contribution in [0.25, 0.3) is 0 Å². The molecule has 2 rings (SSSR count). The van der Waals surface area contributed by atoms with Crippen molar-refractivity contribution in [3.63, 3.8) is 0 Å². The average molecular weight is 137 g/mol. The molecule has 1 aromatic heterocycles. The lowest BCUT2D eigenvalue weighted by Gasteiger charge is -2.24. The molecule has 1 saturated carbocycles. The number of hydrogen-bond acceptors (Lipinski definition) is 2. The predicted octanol–water partition coefficient (Wildman–Crippen LogP) is 1.08. The second kappa shape index (κ2) is 2.40. The number of nitrogens with zero attached hydrogens (tertiary/aromatic N) is 3. The third-order valence-electron chi connectivity index (χ3n) is 2.11. The summed E-state index contributed by atoms with van der Waals surface area (Å²) in [6.45, 7) is 1.02. The molecule has 0 N–H and O–H groups in total. The van der Waals surface area contributed by atoms with E-state index >= 15 is 0 Å². The summed E-state index contributed by atoms with van der Waals surface area (Å²) in [7, 11) is 0. The molecule has 0 bridgehead atoms. The molecular formula is C7H11N3. The van der Waals surface area contributed by atoms with Crippen LogP contribution in [-0.4, -0.2) is 15.0 Å². The molecule has 3 heteroatoms. The summed E-state index contributed by atoms with van der Waals surface area (Å²) in [6, 6.07) is 0. The molecule has 54 valence electrons. The zero-order chi connectivity index (χ0) is 6.81. The van der Waals surface area contributed by atoms with Gasteiger partial charge in [-0.3, -0.25) is 0 Å². The lowest BCUT2D eigenvalue weighted by Crippen LogP contribution is -2.19. The van der Waals surface area contributed by atoms with Gasteiger partial charge in [0.25, 0.3) is 0 Å². The Labute approximate surface area is 60.0 Å². The Bertz CT molecular complexity index is 189. The third-order valence-corrected chi connectivity index (χ3v) is 2.11. The maximum atomic E-state index is 4.04. The molecule has 0 unspecified atom stereocenters. The van der Waals surface area contributed by atoms with E-state index in [0.717, 1.165) is 12.5 Å². The summed E-state index contributed by atoms with van der Waals surface area (Å²) in [6.07, 6.45) is 7.59. The Morgan fingerprint density at radius 3 is 2.50 bits per heavy atom. The highest BCUT2D eigenvalue weighted by molar-refractivity contribution is 4.69. The lowest BCUT2D eigenvalue weighted by molar-refractivity contribution is 0.253. The van der Waals surface area contributed by atoms with Crippen molar-refractivity contribution in [3.05, 3.63) is 12.4 Å². The summed E-state index contributed by atoms with van der Waals surface area (Å²) >= 11 is 0. The Hall–Kier alpha value is -0.860. The zero-order valence-corrected chi connectivity index (χ0v) is 5.90. The first-order valence-corrected chi connectivity index (χ1v) is 3.79. The van der Waals surface area contributed by atoms with Gasteiger partial charge in [-0.2, -0.15) is 15.0 Å². The SMILES string of the molecule is c1cnn(CC2CCC2)n1. The highest BCUT2D eigenvalue weighted by Crippen LogP contribution is 2.26. The first-order chi connectivity index (χ1) is 4.95. The van der Waals surface area contributed by atoms with Gasteiger partial charge in [0.1, 0.15) is 0 Å². The second-order valence-corrected chi connectivity index (χ2v) is 2.88. The zero-order valence-electron chi connectivity index (χ0n) is 5.90. The van der Waals surface area contributed by atoms with Crippen LogP contribution >= 0.6 is 0 Å². The molecule has 1 aliphatic rings. The standard InChI is InChI=1S/C7H11N3/c1-2-7(3-1)6-10-8-4-5-9-10/h4-5,7H,1-3,6H2. The molecule has 0 radical (unpaired) electrons. The fourth-order valence-corrected chi connectivity index (χ4v) is 1.24. The molecule has 0 aromatic carbocycles. The molecule has 0 saturated heterocycles. The molecule has 0 amide bonds. The van der Waals surface area contributed by atoms with Crippen LogP contribution in [0.4, 0.5) is 0 Å². The van der Waals surface area contributed by atoms with Gasteiger partial charge in [-0.1, -0.05) is 6.42 Å². The van der Waals surface area contributed by atoms with Crippen LogP contribution in [0.1, 0.15) is 19.3 Å². The van der Waals surface area contributed by atoms with Crippen molar-refractivity contribution in [2.24, 2.45) is 5.92 Å². The number of aromatic nitrogens is 3. The van der Waals surface area contributed by atoms with Crippen LogP contribution in [0.3, 0.4) is 0 Å². The van der Waals surface area contributed by atoms with Crippen LogP contribution in [0.15, 0.2) is 12.4 Å². The molecule has 10 heavy (non-hydrogen) atoms. The molecule has 0 aliphatic heterocycles. The summed E-state index contributed by atoms with van der Waals surface area (Å²) in [5.74, 6) is 0.854. The van der Waals surface area contributed by atoms with Gasteiger partial charge in [0.15, 0.2) is 0 Å². The van der Waals surface area contributed by atoms with E-state index in [1.165, 1.54) is 19.3 Å². The largest absolute Gasteiger partial charge is 0.185 e. The van der Waals surface area contributed by atoms with Gasteiger partial charge in [-0.25, -0.2) is 0 Å². The van der Waals surface area contributed by atoms with E-state index in [1.807, 2.05) is 0 Å². The highest BCUT2D eigenvalue weighted by Gasteiger charge is 2.17. The maximum Gasteiger partial charge on any atom is 0.0693 e. The Balaban J connectivity index is 1.90. The van der Waals surface area contributed by atoms with E-state index < -0.39 is 0 Å². The summed E-state index contributed by atoms with van der Waals surface area (Å²) in [5, 5.41) is 8.09. The second-order valence-electron chi connectivity index (χ2n) is 2.88. The Morgan fingerprint density at radius 1 is 1.30 bits per heavy atom. The Morgan fingerprint density at radius 2 is 2.00 bits per heavy atom. The van der Waals surface area contributed by atoms with E-state index in [-0.39, 0.29) is 0 Å². The van der Waals surface area contributed by atoms with Crippen LogP contribution in [-0.2, 0) is 6.54 Å². The van der Waals surface area contributed by atoms with Crippen LogP contribution < -0.4 is 0 Å². The molecule has 1 heterocycles. The fourth-order valence-electron chi connectivity index (χ4n) is 1.24. The van der Waals surface area contributed by atoms with E-state index in [4.69, 9.17) is 0 Å². The van der Waals surface area contributed by atoms with Crippen molar-refractivity contribution in [1.29, 1.82) is 0 Å². The smallest absolute Gasteiger partial charge is 0.0693 e. The van der Waals surface area contributed by atoms with Crippen LogP contribution in [0.2, 0.25) is 0 Å². The fraction of sp³-hybridized carbons (Fsp3) is 0.714. The monoisotopic (exact) mass is 137 g/mol. The normalized spacial score (nSPS) is 18.8. The van der Waals surface area contributed by atoms with Crippen LogP contribution in [0.5, 0.6) is 0 Å². The maximum absolute atomic E-state index is 4.04. The van der Waals surface area contributed by atoms with Crippen molar-refractivity contribution >= 4 is 0 Å². The van der Waals surface area contributed by atoms with Crippen molar-refractivity contribution in [3.8, 4) is 0 Å². The molecule has 0 atom stereocenters. The quantitative estimate of drug-likeness (QED) is 0.610. The van der Waals surface area contributed by atoms with Gasteiger partial charge in [0.2, 0.25) is 0 Å². The molecule has 0 spiro atoms. The minimum atomic E-state index is 0.854. The van der Waals surface area contributed by atoms with Gasteiger partial charge in [0.05, 0.1) is 18.9 Å². The van der Waals surface area contributed by atoms with E-state index in [0.29, 0.717) is 0 Å². The topological polar surface area (TPSA) is 30.7 Å². The summed E-state index contributed by atoms with van der Waals surface area (Å²) < 4.78 is 0. The van der Waals surface area contributed by atoms with Gasteiger partial charge >= 0.3 is 0 Å². The van der Waals surface area contributed by atoms with Crippen molar-refractivity contribution in [1.82, 2.24) is 15.0 Å². The van der Waals surface area contributed by atoms with Crippen LogP contribution in [0, 0.1) is 5.92 Å². The van der Waals surface area contributed by atoms with Gasteiger partial charge in [-0.05, 0) is 18.8 Å². The first-order valence-electron chi connectivity index (χ1n) is 3.79. The minimum absolute atomic E-state index is 0.854. The van der Waals surface area contributed by atoms with E-state index in [1.54, 1.807) is 17.2 Å². The summed E-state index contributed by atoms with van der Waals surface area (Å²) in [5.41, 5.74) is 0. The highest BCUT2D eigenvalue weighted by atomic mass is 15.5. The first kappa shape index (κ1) is 5.89. The van der Waals surface area contributed by atoms with E-state index in [2.05, 4.69) is 10.2 Å². The Kier molecular flexibility index (Phi) is 1.42. The molecule has 3 nitrogen and oxygen atoms in total. The minimum Gasteiger partial charge on any atom is -0.185 e. The number of hydrogen-bond donors (Lipinski definition) is 0. The molecule has 1 aromatic rings. The van der Waals surface area contributed by atoms with E-state index in [9.17, 15) is 0 Å². The van der Waals surface area contributed by atoms with Gasteiger partial charge in [-0.15, -0.1) is 0 Å². The van der Waals surface area contributed by atoms with Crippen molar-refractivity contribution < 1.29 is 0 Å². The predicted molar refractivity (Wildman–Crippen MR) is 37.4 cm³/mol. The van der Waals surface area contributed by atoms with Gasteiger partial charge in [0, 0.05) is 0 Å². The average Bonchev–Trinajstić information content (AvgIpc) is 2.29. The summed E-state index contributed by atoms with van der Waals surface area (Å²) in [4.78, 5) is 1.78. The van der Waals surface area contributed by atoms with Crippen molar-refractivity contribution in [2.45, 2.75) is 25.8 Å². The van der Waals surface area contributed by atoms with Gasteiger partial charge < -0.3 is 0 Å². The lowest BCUT2D eigenvalue weighted by atomic mass is 9.86. The molecular weight excluding hydrogens is 126 g/mol. The van der Waals surface area contributed by atoms with Crippen molar-refractivity contribution in [2.75, 3.05) is 0 Å².